The maximum atomic E-state index is 12.8. The van der Waals surface area contributed by atoms with Gasteiger partial charge in [-0.3, -0.25) is 0 Å². The van der Waals surface area contributed by atoms with Crippen molar-refractivity contribution in [1.82, 2.24) is 4.98 Å². The summed E-state index contributed by atoms with van der Waals surface area (Å²) in [5.41, 5.74) is 2.20. The summed E-state index contributed by atoms with van der Waals surface area (Å²) >= 11 is 5.39. The van der Waals surface area contributed by atoms with Gasteiger partial charge in [0.2, 0.25) is 0 Å². The molecule has 90 valence electrons. The van der Waals surface area contributed by atoms with Crippen molar-refractivity contribution in [2.45, 2.75) is 25.1 Å². The first-order valence-electron chi connectivity index (χ1n) is 5.38. The largest absolute Gasteiger partial charge is 0.247 e. The molecule has 0 saturated heterocycles. The molecular formula is C13H13BrFNS. The first kappa shape index (κ1) is 12.7. The summed E-state index contributed by atoms with van der Waals surface area (Å²) in [7, 11) is 0. The summed E-state index contributed by atoms with van der Waals surface area (Å²) < 4.78 is 12.8. The average molecular weight is 314 g/mol. The molecule has 0 aliphatic carbocycles. The van der Waals surface area contributed by atoms with Gasteiger partial charge in [0.25, 0.3) is 0 Å². The van der Waals surface area contributed by atoms with Gasteiger partial charge in [0, 0.05) is 4.88 Å². The Labute approximate surface area is 113 Å². The number of benzene rings is 1. The van der Waals surface area contributed by atoms with E-state index in [1.54, 1.807) is 11.3 Å². The third-order valence-electron chi connectivity index (χ3n) is 2.55. The van der Waals surface area contributed by atoms with E-state index in [2.05, 4.69) is 20.9 Å². The van der Waals surface area contributed by atoms with Crippen molar-refractivity contribution in [2.24, 2.45) is 0 Å². The standard InChI is InChI=1S/C13H13BrFNS/c1-8-13(17-9(2)16-8)12(14)7-10-3-5-11(15)6-4-10/h3-6,12H,7H2,1-2H3. The zero-order valence-electron chi connectivity index (χ0n) is 9.71. The predicted molar refractivity (Wildman–Crippen MR) is 73.4 cm³/mol. The molecule has 0 N–H and O–H groups in total. The molecule has 1 nitrogen and oxygen atoms in total. The molecule has 0 aliphatic heterocycles. The van der Waals surface area contributed by atoms with Crippen LogP contribution in [0.25, 0.3) is 0 Å². The van der Waals surface area contributed by atoms with Crippen molar-refractivity contribution < 1.29 is 4.39 Å². The fourth-order valence-electron chi connectivity index (χ4n) is 1.76. The fraction of sp³-hybridized carbons (Fsp3) is 0.308. The normalized spacial score (nSPS) is 12.7. The van der Waals surface area contributed by atoms with Crippen LogP contribution in [0.15, 0.2) is 24.3 Å². The summed E-state index contributed by atoms with van der Waals surface area (Å²) in [5.74, 6) is -0.190. The van der Waals surface area contributed by atoms with Crippen molar-refractivity contribution in [2.75, 3.05) is 0 Å². The van der Waals surface area contributed by atoms with Crippen LogP contribution in [0.2, 0.25) is 0 Å². The Bertz CT molecular complexity index is 507. The minimum Gasteiger partial charge on any atom is -0.247 e. The van der Waals surface area contributed by atoms with E-state index >= 15 is 0 Å². The van der Waals surface area contributed by atoms with Crippen LogP contribution < -0.4 is 0 Å². The van der Waals surface area contributed by atoms with Gasteiger partial charge in [-0.05, 0) is 38.0 Å². The summed E-state index contributed by atoms with van der Waals surface area (Å²) in [5, 5.41) is 1.08. The molecule has 0 saturated carbocycles. The minimum atomic E-state index is -0.190. The van der Waals surface area contributed by atoms with Crippen molar-refractivity contribution in [1.29, 1.82) is 0 Å². The van der Waals surface area contributed by atoms with Crippen LogP contribution in [-0.2, 0) is 6.42 Å². The van der Waals surface area contributed by atoms with Gasteiger partial charge < -0.3 is 0 Å². The zero-order valence-corrected chi connectivity index (χ0v) is 12.1. The second-order valence-electron chi connectivity index (χ2n) is 3.98. The summed E-state index contributed by atoms with van der Waals surface area (Å²) in [6.07, 6.45) is 0.850. The van der Waals surface area contributed by atoms with Crippen LogP contribution >= 0.6 is 27.3 Å². The molecule has 0 spiro atoms. The predicted octanol–water partition coefficient (Wildman–Crippen LogP) is 4.58. The Hall–Kier alpha value is -0.740. The minimum absolute atomic E-state index is 0.190. The maximum absolute atomic E-state index is 12.8. The molecular weight excluding hydrogens is 301 g/mol. The Morgan fingerprint density at radius 2 is 1.94 bits per heavy atom. The molecule has 4 heteroatoms. The molecule has 1 atom stereocenters. The Kier molecular flexibility index (Phi) is 3.94. The first-order valence-corrected chi connectivity index (χ1v) is 7.12. The molecule has 0 radical (unpaired) electrons. The van der Waals surface area contributed by atoms with E-state index in [0.29, 0.717) is 0 Å². The lowest BCUT2D eigenvalue weighted by Crippen LogP contribution is -1.95. The third-order valence-corrected chi connectivity index (χ3v) is 4.82. The average Bonchev–Trinajstić information content (AvgIpc) is 2.61. The number of nitrogens with zero attached hydrogens (tertiary/aromatic N) is 1. The van der Waals surface area contributed by atoms with E-state index in [0.717, 1.165) is 22.7 Å². The highest BCUT2D eigenvalue weighted by molar-refractivity contribution is 9.09. The summed E-state index contributed by atoms with van der Waals surface area (Å²) in [6, 6.07) is 6.65. The molecule has 0 aliphatic rings. The zero-order chi connectivity index (χ0) is 12.4. The number of aromatic nitrogens is 1. The lowest BCUT2D eigenvalue weighted by Gasteiger charge is -2.08. The van der Waals surface area contributed by atoms with Gasteiger partial charge in [-0.1, -0.05) is 28.1 Å². The number of aryl methyl sites for hydroxylation is 2. The van der Waals surface area contributed by atoms with Crippen LogP contribution in [0.4, 0.5) is 4.39 Å². The number of alkyl halides is 1. The highest BCUT2D eigenvalue weighted by Gasteiger charge is 2.15. The number of thiazole rings is 1. The summed E-state index contributed by atoms with van der Waals surface area (Å²) in [4.78, 5) is 5.92. The van der Waals surface area contributed by atoms with E-state index in [-0.39, 0.29) is 10.6 Å². The van der Waals surface area contributed by atoms with E-state index in [4.69, 9.17) is 0 Å². The van der Waals surface area contributed by atoms with E-state index in [1.807, 2.05) is 26.0 Å². The van der Waals surface area contributed by atoms with Crippen LogP contribution in [0.1, 0.15) is 26.0 Å². The Morgan fingerprint density at radius 3 is 2.47 bits per heavy atom. The topological polar surface area (TPSA) is 12.9 Å². The second kappa shape index (κ2) is 5.27. The van der Waals surface area contributed by atoms with E-state index < -0.39 is 0 Å². The van der Waals surface area contributed by atoms with E-state index in [9.17, 15) is 4.39 Å². The molecule has 2 aromatic rings. The van der Waals surface area contributed by atoms with Crippen molar-refractivity contribution in [3.63, 3.8) is 0 Å². The van der Waals surface area contributed by atoms with Gasteiger partial charge in [-0.25, -0.2) is 9.37 Å². The maximum Gasteiger partial charge on any atom is 0.123 e. The molecule has 1 aromatic heterocycles. The van der Waals surface area contributed by atoms with Gasteiger partial charge in [0.05, 0.1) is 15.5 Å². The smallest absolute Gasteiger partial charge is 0.123 e. The molecule has 1 unspecified atom stereocenters. The van der Waals surface area contributed by atoms with Gasteiger partial charge in [-0.15, -0.1) is 11.3 Å². The third kappa shape index (κ3) is 3.13. The van der Waals surface area contributed by atoms with Crippen LogP contribution in [0.3, 0.4) is 0 Å². The monoisotopic (exact) mass is 313 g/mol. The van der Waals surface area contributed by atoms with Gasteiger partial charge in [0.15, 0.2) is 0 Å². The van der Waals surface area contributed by atoms with Crippen molar-refractivity contribution in [3.05, 3.63) is 51.2 Å². The van der Waals surface area contributed by atoms with Crippen molar-refractivity contribution in [3.8, 4) is 0 Å². The molecule has 0 fully saturated rings. The first-order chi connectivity index (χ1) is 8.06. The highest BCUT2D eigenvalue weighted by Crippen LogP contribution is 2.33. The number of rotatable bonds is 3. The highest BCUT2D eigenvalue weighted by atomic mass is 79.9. The fourth-order valence-corrected chi connectivity index (χ4v) is 3.65. The van der Waals surface area contributed by atoms with Gasteiger partial charge in [-0.2, -0.15) is 0 Å². The quantitative estimate of drug-likeness (QED) is 0.756. The molecule has 0 amide bonds. The van der Waals surface area contributed by atoms with Crippen LogP contribution in [-0.4, -0.2) is 4.98 Å². The molecule has 1 aromatic carbocycles. The van der Waals surface area contributed by atoms with Crippen LogP contribution in [0.5, 0.6) is 0 Å². The Balaban J connectivity index is 2.14. The summed E-state index contributed by atoms with van der Waals surface area (Å²) in [6.45, 7) is 4.04. The molecule has 1 heterocycles. The van der Waals surface area contributed by atoms with Crippen LogP contribution in [0, 0.1) is 19.7 Å². The molecule has 17 heavy (non-hydrogen) atoms. The van der Waals surface area contributed by atoms with Gasteiger partial charge in [0.1, 0.15) is 5.82 Å². The Morgan fingerprint density at radius 1 is 1.29 bits per heavy atom. The lowest BCUT2D eigenvalue weighted by molar-refractivity contribution is 0.627. The van der Waals surface area contributed by atoms with Crippen molar-refractivity contribution >= 4 is 27.3 Å². The lowest BCUT2D eigenvalue weighted by atomic mass is 10.1. The van der Waals surface area contributed by atoms with Gasteiger partial charge >= 0.3 is 0 Å². The number of halogens is 2. The SMILES string of the molecule is Cc1nc(C)c(C(Br)Cc2ccc(F)cc2)s1. The second-order valence-corrected chi connectivity index (χ2v) is 6.32. The number of hydrogen-bond acceptors (Lipinski definition) is 2. The molecule has 0 bridgehead atoms. The number of hydrogen-bond donors (Lipinski definition) is 0. The van der Waals surface area contributed by atoms with E-state index in [1.165, 1.54) is 17.0 Å². The molecule has 2 rings (SSSR count).